The fourth-order valence-electron chi connectivity index (χ4n) is 1.76. The summed E-state index contributed by atoms with van der Waals surface area (Å²) in [4.78, 5) is 10.3. The van der Waals surface area contributed by atoms with E-state index in [1.165, 1.54) is 12.1 Å². The lowest BCUT2D eigenvalue weighted by Crippen LogP contribution is -2.10. The van der Waals surface area contributed by atoms with Crippen LogP contribution in [0.2, 0.25) is 0 Å². The highest BCUT2D eigenvalue weighted by Crippen LogP contribution is 2.14. The molecule has 2 rings (SSSR count). The first-order valence-corrected chi connectivity index (χ1v) is 6.13. The van der Waals surface area contributed by atoms with Crippen LogP contribution in [-0.4, -0.2) is 12.0 Å². The molecular formula is C15H15N2O3. The van der Waals surface area contributed by atoms with Gasteiger partial charge in [-0.05, 0) is 23.3 Å². The van der Waals surface area contributed by atoms with Crippen LogP contribution in [0.25, 0.3) is 0 Å². The summed E-state index contributed by atoms with van der Waals surface area (Å²) in [6.07, 6.45) is 0. The first-order valence-electron chi connectivity index (χ1n) is 6.13. The van der Waals surface area contributed by atoms with Crippen molar-refractivity contribution in [1.82, 2.24) is 5.32 Å². The fourth-order valence-corrected chi connectivity index (χ4v) is 1.76. The van der Waals surface area contributed by atoms with E-state index < -0.39 is 4.92 Å². The van der Waals surface area contributed by atoms with Crippen molar-refractivity contribution in [3.8, 4) is 5.75 Å². The highest BCUT2D eigenvalue weighted by Gasteiger charge is 2.05. The second kappa shape index (κ2) is 6.68. The summed E-state index contributed by atoms with van der Waals surface area (Å²) in [5.41, 5.74) is 1.96. The molecule has 0 bridgehead atoms. The Bertz CT molecular complexity index is 582. The summed E-state index contributed by atoms with van der Waals surface area (Å²) >= 11 is 0. The molecule has 20 heavy (non-hydrogen) atoms. The zero-order valence-corrected chi connectivity index (χ0v) is 11.1. The van der Waals surface area contributed by atoms with Crippen LogP contribution in [0.4, 0.5) is 5.69 Å². The number of nitro groups is 1. The Morgan fingerprint density at radius 3 is 2.65 bits per heavy atom. The SMILES string of the molecule is COc1ccc(CN[CH]c2cccc([N+](=O)[O-])c2)cc1. The minimum atomic E-state index is -0.402. The maximum atomic E-state index is 10.7. The Balaban J connectivity index is 1.88. The lowest BCUT2D eigenvalue weighted by Gasteiger charge is -2.05. The topological polar surface area (TPSA) is 64.4 Å². The van der Waals surface area contributed by atoms with E-state index in [9.17, 15) is 10.1 Å². The Kier molecular flexibility index (Phi) is 4.68. The van der Waals surface area contributed by atoms with E-state index >= 15 is 0 Å². The monoisotopic (exact) mass is 271 g/mol. The molecule has 103 valence electrons. The summed E-state index contributed by atoms with van der Waals surface area (Å²) in [5.74, 6) is 0.816. The van der Waals surface area contributed by atoms with Crippen molar-refractivity contribution in [2.24, 2.45) is 0 Å². The number of nitrogens with zero attached hydrogens (tertiary/aromatic N) is 1. The van der Waals surface area contributed by atoms with Gasteiger partial charge in [-0.15, -0.1) is 0 Å². The fraction of sp³-hybridized carbons (Fsp3) is 0.133. The van der Waals surface area contributed by atoms with Gasteiger partial charge in [0.1, 0.15) is 5.75 Å². The number of ether oxygens (including phenoxy) is 1. The Morgan fingerprint density at radius 2 is 2.00 bits per heavy atom. The molecule has 1 N–H and O–H groups in total. The van der Waals surface area contributed by atoms with Crippen molar-refractivity contribution in [3.05, 3.63) is 76.3 Å². The van der Waals surface area contributed by atoms with Crippen molar-refractivity contribution < 1.29 is 9.66 Å². The van der Waals surface area contributed by atoms with Crippen LogP contribution in [0, 0.1) is 16.7 Å². The zero-order valence-electron chi connectivity index (χ0n) is 11.1. The molecule has 0 aliphatic heterocycles. The van der Waals surface area contributed by atoms with Gasteiger partial charge in [0.2, 0.25) is 0 Å². The number of hydrogen-bond acceptors (Lipinski definition) is 4. The standard InChI is InChI=1S/C15H15N2O3/c1-20-15-7-5-12(6-8-15)10-16-11-13-3-2-4-14(9-13)17(18)19/h2-9,11,16H,10H2,1H3. The Labute approximate surface area is 117 Å². The Morgan fingerprint density at radius 1 is 1.25 bits per heavy atom. The van der Waals surface area contributed by atoms with E-state index in [1.807, 2.05) is 30.3 Å². The van der Waals surface area contributed by atoms with Crippen LogP contribution in [0.15, 0.2) is 48.5 Å². The molecule has 2 aromatic carbocycles. The third kappa shape index (κ3) is 3.80. The molecule has 0 aliphatic rings. The van der Waals surface area contributed by atoms with Gasteiger partial charge in [0, 0.05) is 18.7 Å². The number of benzene rings is 2. The average Bonchev–Trinajstić information content (AvgIpc) is 2.48. The maximum Gasteiger partial charge on any atom is 0.269 e. The van der Waals surface area contributed by atoms with E-state index in [0.29, 0.717) is 6.54 Å². The number of methoxy groups -OCH3 is 1. The summed E-state index contributed by atoms with van der Waals surface area (Å²) in [6.45, 7) is 2.41. The molecule has 5 nitrogen and oxygen atoms in total. The largest absolute Gasteiger partial charge is 0.497 e. The van der Waals surface area contributed by atoms with E-state index in [0.717, 1.165) is 16.9 Å². The number of nitro benzene ring substituents is 1. The van der Waals surface area contributed by atoms with Crippen molar-refractivity contribution in [2.45, 2.75) is 6.54 Å². The van der Waals surface area contributed by atoms with Gasteiger partial charge < -0.3 is 10.1 Å². The van der Waals surface area contributed by atoms with Crippen LogP contribution in [0.3, 0.4) is 0 Å². The van der Waals surface area contributed by atoms with Gasteiger partial charge in [0.15, 0.2) is 0 Å². The molecule has 0 saturated heterocycles. The van der Waals surface area contributed by atoms with Crippen molar-refractivity contribution in [2.75, 3.05) is 7.11 Å². The molecule has 2 aromatic rings. The number of non-ortho nitro benzene ring substituents is 1. The molecule has 0 atom stereocenters. The van der Waals surface area contributed by atoms with Crippen molar-refractivity contribution >= 4 is 5.69 Å². The molecule has 0 fully saturated rings. The first-order chi connectivity index (χ1) is 9.69. The molecule has 0 amide bonds. The van der Waals surface area contributed by atoms with E-state index in [2.05, 4.69) is 5.32 Å². The molecule has 0 aromatic heterocycles. The normalized spacial score (nSPS) is 10.2. The lowest BCUT2D eigenvalue weighted by molar-refractivity contribution is -0.384. The molecule has 0 spiro atoms. The highest BCUT2D eigenvalue weighted by molar-refractivity contribution is 5.37. The van der Waals surface area contributed by atoms with Crippen molar-refractivity contribution in [1.29, 1.82) is 0 Å². The van der Waals surface area contributed by atoms with Crippen LogP contribution in [0.1, 0.15) is 11.1 Å². The molecule has 5 heteroatoms. The van der Waals surface area contributed by atoms with Crippen LogP contribution < -0.4 is 10.1 Å². The van der Waals surface area contributed by atoms with Gasteiger partial charge in [-0.1, -0.05) is 24.3 Å². The first kappa shape index (κ1) is 14.0. The predicted molar refractivity (Wildman–Crippen MR) is 76.3 cm³/mol. The summed E-state index contributed by atoms with van der Waals surface area (Å²) in [7, 11) is 1.63. The highest BCUT2D eigenvalue weighted by atomic mass is 16.6. The average molecular weight is 271 g/mol. The van der Waals surface area contributed by atoms with Crippen LogP contribution >= 0.6 is 0 Å². The van der Waals surface area contributed by atoms with Crippen LogP contribution in [-0.2, 0) is 6.54 Å². The lowest BCUT2D eigenvalue weighted by atomic mass is 10.2. The smallest absolute Gasteiger partial charge is 0.269 e. The van der Waals surface area contributed by atoms with Gasteiger partial charge in [-0.2, -0.15) is 0 Å². The predicted octanol–water partition coefficient (Wildman–Crippen LogP) is 2.90. The second-order valence-electron chi connectivity index (χ2n) is 4.23. The summed E-state index contributed by atoms with van der Waals surface area (Å²) in [5, 5.41) is 13.8. The second-order valence-corrected chi connectivity index (χ2v) is 4.23. The van der Waals surface area contributed by atoms with Crippen molar-refractivity contribution in [3.63, 3.8) is 0 Å². The molecule has 0 saturated carbocycles. The van der Waals surface area contributed by atoms with Gasteiger partial charge in [0.25, 0.3) is 5.69 Å². The summed E-state index contributed by atoms with van der Waals surface area (Å²) in [6, 6.07) is 14.2. The van der Waals surface area contributed by atoms with Gasteiger partial charge >= 0.3 is 0 Å². The molecule has 1 radical (unpaired) electrons. The van der Waals surface area contributed by atoms with E-state index in [-0.39, 0.29) is 5.69 Å². The van der Waals surface area contributed by atoms with Gasteiger partial charge in [-0.25, -0.2) is 0 Å². The molecule has 0 heterocycles. The number of nitrogens with one attached hydrogen (secondary N) is 1. The molecular weight excluding hydrogens is 256 g/mol. The Hall–Kier alpha value is -2.40. The van der Waals surface area contributed by atoms with Gasteiger partial charge in [0.05, 0.1) is 18.6 Å². The minimum absolute atomic E-state index is 0.0880. The quantitative estimate of drug-likeness (QED) is 0.648. The van der Waals surface area contributed by atoms with Gasteiger partial charge in [-0.3, -0.25) is 10.1 Å². The molecule has 0 aliphatic carbocycles. The maximum absolute atomic E-state index is 10.7. The molecule has 0 unspecified atom stereocenters. The summed E-state index contributed by atoms with van der Waals surface area (Å²) < 4.78 is 5.09. The van der Waals surface area contributed by atoms with E-state index in [1.54, 1.807) is 19.7 Å². The van der Waals surface area contributed by atoms with Crippen LogP contribution in [0.5, 0.6) is 5.75 Å². The number of hydrogen-bond donors (Lipinski definition) is 1. The minimum Gasteiger partial charge on any atom is -0.497 e. The third-order valence-electron chi connectivity index (χ3n) is 2.81. The third-order valence-corrected chi connectivity index (χ3v) is 2.81. The number of rotatable bonds is 6. The zero-order chi connectivity index (χ0) is 14.4. The van der Waals surface area contributed by atoms with E-state index in [4.69, 9.17) is 4.74 Å².